The average molecular weight is 312 g/mol. The van der Waals surface area contributed by atoms with Crippen molar-refractivity contribution in [2.45, 2.75) is 19.4 Å². The molecule has 0 radical (unpaired) electrons. The first-order valence-corrected chi connectivity index (χ1v) is 7.64. The highest BCUT2D eigenvalue weighted by molar-refractivity contribution is 5.97. The molecular weight excluding hydrogens is 292 g/mol. The van der Waals surface area contributed by atoms with Gasteiger partial charge in [-0.15, -0.1) is 0 Å². The molecule has 2 amide bonds. The fourth-order valence-electron chi connectivity index (χ4n) is 2.37. The Morgan fingerprint density at radius 3 is 2.61 bits per heavy atom. The van der Waals surface area contributed by atoms with Crippen molar-refractivity contribution >= 4 is 11.8 Å². The van der Waals surface area contributed by atoms with Crippen molar-refractivity contribution in [3.8, 4) is 6.07 Å². The molecule has 1 saturated heterocycles. The summed E-state index contributed by atoms with van der Waals surface area (Å²) in [4.78, 5) is 24.0. The SMILES string of the molecule is N#C/C(=C/NC(=O)C1CCNCC1)C(=O)NCc1ccccc1. The topological polar surface area (TPSA) is 94.0 Å². The quantitative estimate of drug-likeness (QED) is 0.554. The molecule has 1 aromatic rings. The normalized spacial score (nSPS) is 15.5. The first-order valence-electron chi connectivity index (χ1n) is 7.64. The van der Waals surface area contributed by atoms with Crippen molar-refractivity contribution < 1.29 is 9.59 Å². The number of hydrogen-bond acceptors (Lipinski definition) is 4. The highest BCUT2D eigenvalue weighted by Crippen LogP contribution is 2.11. The van der Waals surface area contributed by atoms with Crippen LogP contribution in [0.25, 0.3) is 0 Å². The van der Waals surface area contributed by atoms with Crippen LogP contribution < -0.4 is 16.0 Å². The number of nitrogens with one attached hydrogen (secondary N) is 3. The number of carbonyl (C=O) groups is 2. The Morgan fingerprint density at radius 1 is 1.26 bits per heavy atom. The molecule has 0 atom stereocenters. The first kappa shape index (κ1) is 16.7. The molecule has 3 N–H and O–H groups in total. The maximum absolute atomic E-state index is 12.0. The third kappa shape index (κ3) is 5.24. The molecule has 0 bridgehead atoms. The maximum atomic E-state index is 12.0. The van der Waals surface area contributed by atoms with Crippen LogP contribution >= 0.6 is 0 Å². The zero-order chi connectivity index (χ0) is 16.5. The van der Waals surface area contributed by atoms with Crippen LogP contribution in [0.15, 0.2) is 42.1 Å². The van der Waals surface area contributed by atoms with Gasteiger partial charge < -0.3 is 16.0 Å². The lowest BCUT2D eigenvalue weighted by Crippen LogP contribution is -2.36. The highest BCUT2D eigenvalue weighted by Gasteiger charge is 2.20. The number of benzene rings is 1. The minimum Gasteiger partial charge on any atom is -0.347 e. The maximum Gasteiger partial charge on any atom is 0.263 e. The lowest BCUT2D eigenvalue weighted by atomic mass is 9.97. The molecule has 0 aliphatic carbocycles. The molecule has 2 rings (SSSR count). The molecule has 0 aromatic heterocycles. The van der Waals surface area contributed by atoms with E-state index in [0.29, 0.717) is 6.54 Å². The molecular formula is C17H20N4O2. The van der Waals surface area contributed by atoms with E-state index in [4.69, 9.17) is 5.26 Å². The molecule has 0 saturated carbocycles. The number of rotatable bonds is 5. The number of amides is 2. The van der Waals surface area contributed by atoms with E-state index in [9.17, 15) is 9.59 Å². The number of piperidine rings is 1. The van der Waals surface area contributed by atoms with Gasteiger partial charge in [-0.25, -0.2) is 0 Å². The van der Waals surface area contributed by atoms with Gasteiger partial charge in [-0.1, -0.05) is 30.3 Å². The molecule has 6 nitrogen and oxygen atoms in total. The molecule has 1 aliphatic heterocycles. The zero-order valence-electron chi connectivity index (χ0n) is 12.8. The van der Waals surface area contributed by atoms with Gasteiger partial charge in [0.2, 0.25) is 5.91 Å². The summed E-state index contributed by atoms with van der Waals surface area (Å²) in [7, 11) is 0. The van der Waals surface area contributed by atoms with Crippen molar-refractivity contribution in [1.29, 1.82) is 5.26 Å². The number of nitriles is 1. The largest absolute Gasteiger partial charge is 0.347 e. The summed E-state index contributed by atoms with van der Waals surface area (Å²) >= 11 is 0. The van der Waals surface area contributed by atoms with Crippen molar-refractivity contribution in [2.24, 2.45) is 5.92 Å². The Bertz CT molecular complexity index is 613. The summed E-state index contributed by atoms with van der Waals surface area (Å²) < 4.78 is 0. The first-order chi connectivity index (χ1) is 11.2. The zero-order valence-corrected chi connectivity index (χ0v) is 12.8. The van der Waals surface area contributed by atoms with Crippen LogP contribution in [-0.2, 0) is 16.1 Å². The van der Waals surface area contributed by atoms with Crippen LogP contribution in [0.1, 0.15) is 18.4 Å². The second-order valence-electron chi connectivity index (χ2n) is 5.37. The van der Waals surface area contributed by atoms with Gasteiger partial charge >= 0.3 is 0 Å². The van der Waals surface area contributed by atoms with Gasteiger partial charge in [0, 0.05) is 18.7 Å². The van der Waals surface area contributed by atoms with Gasteiger partial charge in [0.25, 0.3) is 5.91 Å². The monoisotopic (exact) mass is 312 g/mol. The van der Waals surface area contributed by atoms with Gasteiger partial charge in [0.1, 0.15) is 11.6 Å². The van der Waals surface area contributed by atoms with Crippen LogP contribution in [0.4, 0.5) is 0 Å². The second-order valence-corrected chi connectivity index (χ2v) is 5.37. The Hall–Kier alpha value is -2.65. The van der Waals surface area contributed by atoms with Crippen molar-refractivity contribution in [3.63, 3.8) is 0 Å². The summed E-state index contributed by atoms with van der Waals surface area (Å²) in [5, 5.41) is 17.5. The summed E-state index contributed by atoms with van der Waals surface area (Å²) in [6.45, 7) is 1.95. The average Bonchev–Trinajstić information content (AvgIpc) is 2.62. The third-order valence-corrected chi connectivity index (χ3v) is 3.73. The molecule has 120 valence electrons. The van der Waals surface area contributed by atoms with E-state index in [2.05, 4.69) is 16.0 Å². The molecule has 1 aliphatic rings. The van der Waals surface area contributed by atoms with Crippen molar-refractivity contribution in [2.75, 3.05) is 13.1 Å². The number of hydrogen-bond donors (Lipinski definition) is 3. The van der Waals surface area contributed by atoms with Crippen LogP contribution in [-0.4, -0.2) is 24.9 Å². The smallest absolute Gasteiger partial charge is 0.263 e. The van der Waals surface area contributed by atoms with Gasteiger partial charge in [-0.3, -0.25) is 9.59 Å². The summed E-state index contributed by atoms with van der Waals surface area (Å²) in [6, 6.07) is 11.2. The fraction of sp³-hybridized carbons (Fsp3) is 0.353. The molecule has 0 unspecified atom stereocenters. The van der Waals surface area contributed by atoms with Crippen LogP contribution in [0.3, 0.4) is 0 Å². The minimum atomic E-state index is -0.498. The van der Waals surface area contributed by atoms with E-state index in [0.717, 1.165) is 31.5 Å². The molecule has 23 heavy (non-hydrogen) atoms. The molecule has 1 fully saturated rings. The predicted molar refractivity (Wildman–Crippen MR) is 85.7 cm³/mol. The summed E-state index contributed by atoms with van der Waals surface area (Å²) in [6.07, 6.45) is 2.73. The van der Waals surface area contributed by atoms with Crippen molar-refractivity contribution in [3.05, 3.63) is 47.7 Å². The fourth-order valence-corrected chi connectivity index (χ4v) is 2.37. The molecule has 1 aromatic carbocycles. The minimum absolute atomic E-state index is 0.0696. The van der Waals surface area contributed by atoms with E-state index in [-0.39, 0.29) is 17.4 Å². The van der Waals surface area contributed by atoms with Crippen molar-refractivity contribution in [1.82, 2.24) is 16.0 Å². The molecule has 6 heteroatoms. The van der Waals surface area contributed by atoms with Gasteiger partial charge in [0.15, 0.2) is 0 Å². The highest BCUT2D eigenvalue weighted by atomic mass is 16.2. The van der Waals surface area contributed by atoms with Gasteiger partial charge in [0.05, 0.1) is 0 Å². The predicted octanol–water partition coefficient (Wildman–Crippen LogP) is 0.826. The lowest BCUT2D eigenvalue weighted by Gasteiger charge is -2.20. The van der Waals surface area contributed by atoms with Crippen LogP contribution in [0.5, 0.6) is 0 Å². The van der Waals surface area contributed by atoms with E-state index in [1.165, 1.54) is 6.20 Å². The Balaban J connectivity index is 1.86. The van der Waals surface area contributed by atoms with E-state index in [1.807, 2.05) is 36.4 Å². The lowest BCUT2D eigenvalue weighted by molar-refractivity contribution is -0.124. The third-order valence-electron chi connectivity index (χ3n) is 3.73. The van der Waals surface area contributed by atoms with Crippen LogP contribution in [0.2, 0.25) is 0 Å². The van der Waals surface area contributed by atoms with E-state index < -0.39 is 5.91 Å². The summed E-state index contributed by atoms with van der Waals surface area (Å²) in [5.74, 6) is -0.711. The number of carbonyl (C=O) groups excluding carboxylic acids is 2. The molecule has 1 heterocycles. The standard InChI is InChI=1S/C17H20N4O2/c18-10-15(12-21-16(22)14-6-8-19-9-7-14)17(23)20-11-13-4-2-1-3-5-13/h1-5,12,14,19H,6-9,11H2,(H,20,23)(H,21,22)/b15-12-. The van der Waals surface area contributed by atoms with E-state index >= 15 is 0 Å². The summed E-state index contributed by atoms with van der Waals surface area (Å²) in [5.41, 5.74) is 0.833. The van der Waals surface area contributed by atoms with Gasteiger partial charge in [-0.2, -0.15) is 5.26 Å². The second kappa shape index (κ2) is 8.71. The van der Waals surface area contributed by atoms with E-state index in [1.54, 1.807) is 0 Å². The van der Waals surface area contributed by atoms with Gasteiger partial charge in [-0.05, 0) is 31.5 Å². The van der Waals surface area contributed by atoms with Crippen LogP contribution in [0, 0.1) is 17.2 Å². The Morgan fingerprint density at radius 2 is 1.96 bits per heavy atom. The Labute approximate surface area is 135 Å². The Kier molecular flexibility index (Phi) is 6.33. The molecule has 0 spiro atoms. The number of nitrogens with zero attached hydrogens (tertiary/aromatic N) is 1.